The van der Waals surface area contributed by atoms with Crippen LogP contribution >= 0.6 is 0 Å². The highest BCUT2D eigenvalue weighted by atomic mass is 16.6. The molecule has 1 rings (SSSR count). The van der Waals surface area contributed by atoms with Gasteiger partial charge in [0.2, 0.25) is 0 Å². The van der Waals surface area contributed by atoms with Crippen LogP contribution in [0.2, 0.25) is 0 Å². The molecule has 5 heteroatoms. The molecule has 0 aliphatic carbocycles. The zero-order valence-electron chi connectivity index (χ0n) is 9.01. The molecule has 0 heterocycles. The molecule has 1 unspecified atom stereocenters. The molecular weight excluding hydrogens is 208 g/mol. The van der Waals surface area contributed by atoms with E-state index in [4.69, 9.17) is 0 Å². The smallest absolute Gasteiger partial charge is 0.310 e. The van der Waals surface area contributed by atoms with E-state index in [9.17, 15) is 15.2 Å². The topological polar surface area (TPSA) is 75.4 Å². The minimum atomic E-state index is -0.612. The Kier molecular flexibility index (Phi) is 4.02. The SMILES string of the molecule is C=CC(C)NCc1ccc([N+](=O)[O-])c(O)c1. The highest BCUT2D eigenvalue weighted by Crippen LogP contribution is 2.26. The molecule has 0 amide bonds. The van der Waals surface area contributed by atoms with Gasteiger partial charge in [-0.3, -0.25) is 10.1 Å². The highest BCUT2D eigenvalue weighted by Gasteiger charge is 2.12. The predicted octanol–water partition coefficient (Wildman–Crippen LogP) is 1.96. The van der Waals surface area contributed by atoms with Gasteiger partial charge in [-0.05, 0) is 18.6 Å². The molecule has 0 saturated heterocycles. The van der Waals surface area contributed by atoms with Crippen molar-refractivity contribution in [2.24, 2.45) is 0 Å². The van der Waals surface area contributed by atoms with Gasteiger partial charge in [-0.1, -0.05) is 12.1 Å². The Morgan fingerprint density at radius 3 is 2.88 bits per heavy atom. The lowest BCUT2D eigenvalue weighted by atomic mass is 10.2. The van der Waals surface area contributed by atoms with Crippen LogP contribution in [0.1, 0.15) is 12.5 Å². The number of phenols is 1. The fraction of sp³-hybridized carbons (Fsp3) is 0.273. The monoisotopic (exact) mass is 222 g/mol. The van der Waals surface area contributed by atoms with Gasteiger partial charge in [0.15, 0.2) is 5.75 Å². The van der Waals surface area contributed by atoms with Crippen LogP contribution in [0.25, 0.3) is 0 Å². The Labute approximate surface area is 93.6 Å². The number of hydrogen-bond donors (Lipinski definition) is 2. The van der Waals surface area contributed by atoms with Gasteiger partial charge in [-0.2, -0.15) is 0 Å². The van der Waals surface area contributed by atoms with Crippen LogP contribution in [0.4, 0.5) is 5.69 Å². The van der Waals surface area contributed by atoms with E-state index in [2.05, 4.69) is 11.9 Å². The average Bonchev–Trinajstić information content (AvgIpc) is 2.25. The first kappa shape index (κ1) is 12.2. The molecule has 16 heavy (non-hydrogen) atoms. The summed E-state index contributed by atoms with van der Waals surface area (Å²) in [5.74, 6) is -0.310. The Bertz CT molecular complexity index is 404. The summed E-state index contributed by atoms with van der Waals surface area (Å²) in [6.07, 6.45) is 1.76. The second kappa shape index (κ2) is 5.27. The fourth-order valence-electron chi connectivity index (χ4n) is 1.20. The molecule has 0 aliphatic rings. The second-order valence-electron chi connectivity index (χ2n) is 3.49. The van der Waals surface area contributed by atoms with E-state index >= 15 is 0 Å². The summed E-state index contributed by atoms with van der Waals surface area (Å²) in [6, 6.07) is 4.45. The van der Waals surface area contributed by atoms with Crippen molar-refractivity contribution < 1.29 is 10.0 Å². The maximum atomic E-state index is 10.5. The Balaban J connectivity index is 2.73. The van der Waals surface area contributed by atoms with Gasteiger partial charge in [-0.25, -0.2) is 0 Å². The first-order valence-electron chi connectivity index (χ1n) is 4.87. The third-order valence-electron chi connectivity index (χ3n) is 2.22. The normalized spacial score (nSPS) is 12.1. The third kappa shape index (κ3) is 3.06. The molecule has 0 aromatic heterocycles. The van der Waals surface area contributed by atoms with E-state index in [-0.39, 0.29) is 17.5 Å². The van der Waals surface area contributed by atoms with Gasteiger partial charge in [0, 0.05) is 18.7 Å². The van der Waals surface area contributed by atoms with Crippen LogP contribution in [-0.4, -0.2) is 16.1 Å². The van der Waals surface area contributed by atoms with Gasteiger partial charge >= 0.3 is 5.69 Å². The molecule has 2 N–H and O–H groups in total. The molecule has 5 nitrogen and oxygen atoms in total. The first-order chi connectivity index (χ1) is 7.54. The molecule has 0 bridgehead atoms. The molecule has 1 atom stereocenters. The minimum absolute atomic E-state index is 0.150. The molecule has 1 aromatic carbocycles. The van der Waals surface area contributed by atoms with E-state index < -0.39 is 4.92 Å². The molecule has 0 aliphatic heterocycles. The van der Waals surface area contributed by atoms with Gasteiger partial charge < -0.3 is 10.4 Å². The largest absolute Gasteiger partial charge is 0.502 e. The van der Waals surface area contributed by atoms with Crippen LogP contribution in [0.5, 0.6) is 5.75 Å². The predicted molar refractivity (Wildman–Crippen MR) is 61.3 cm³/mol. The quantitative estimate of drug-likeness (QED) is 0.453. The average molecular weight is 222 g/mol. The summed E-state index contributed by atoms with van der Waals surface area (Å²) in [7, 11) is 0. The van der Waals surface area contributed by atoms with Gasteiger partial charge in [0.25, 0.3) is 0 Å². The van der Waals surface area contributed by atoms with Crippen LogP contribution in [-0.2, 0) is 6.54 Å². The van der Waals surface area contributed by atoms with Crippen molar-refractivity contribution in [1.29, 1.82) is 0 Å². The van der Waals surface area contributed by atoms with E-state index in [1.165, 1.54) is 12.1 Å². The number of nitrogens with one attached hydrogen (secondary N) is 1. The number of benzene rings is 1. The molecule has 0 fully saturated rings. The van der Waals surface area contributed by atoms with Crippen molar-refractivity contribution in [3.8, 4) is 5.75 Å². The number of nitrogens with zero attached hydrogens (tertiary/aromatic N) is 1. The van der Waals surface area contributed by atoms with Crippen molar-refractivity contribution in [2.75, 3.05) is 0 Å². The van der Waals surface area contributed by atoms with Crippen LogP contribution in [0.3, 0.4) is 0 Å². The van der Waals surface area contributed by atoms with Crippen molar-refractivity contribution >= 4 is 5.69 Å². The summed E-state index contributed by atoms with van der Waals surface area (Å²) in [5.41, 5.74) is 0.511. The maximum absolute atomic E-state index is 10.5. The number of nitro benzene ring substituents is 1. The summed E-state index contributed by atoms with van der Waals surface area (Å²) < 4.78 is 0. The number of hydrogen-bond acceptors (Lipinski definition) is 4. The van der Waals surface area contributed by atoms with Gasteiger partial charge in [-0.15, -0.1) is 6.58 Å². The van der Waals surface area contributed by atoms with Crippen molar-refractivity contribution in [1.82, 2.24) is 5.32 Å². The van der Waals surface area contributed by atoms with Gasteiger partial charge in [0.1, 0.15) is 0 Å². The van der Waals surface area contributed by atoms with E-state index in [1.54, 1.807) is 12.1 Å². The minimum Gasteiger partial charge on any atom is -0.502 e. The lowest BCUT2D eigenvalue weighted by molar-refractivity contribution is -0.385. The molecule has 86 valence electrons. The standard InChI is InChI=1S/C11H14N2O3/c1-3-8(2)12-7-9-4-5-10(13(15)16)11(14)6-9/h3-6,8,12,14H,1,7H2,2H3. The van der Waals surface area contributed by atoms with Crippen LogP contribution < -0.4 is 5.32 Å². The number of rotatable bonds is 5. The van der Waals surface area contributed by atoms with E-state index in [0.29, 0.717) is 6.54 Å². The van der Waals surface area contributed by atoms with Crippen molar-refractivity contribution in [2.45, 2.75) is 19.5 Å². The lowest BCUT2D eigenvalue weighted by Crippen LogP contribution is -2.22. The maximum Gasteiger partial charge on any atom is 0.310 e. The van der Waals surface area contributed by atoms with E-state index in [1.807, 2.05) is 6.92 Å². The molecular formula is C11H14N2O3. The summed E-state index contributed by atoms with van der Waals surface area (Å²) >= 11 is 0. The zero-order valence-corrected chi connectivity index (χ0v) is 9.01. The molecule has 0 radical (unpaired) electrons. The van der Waals surface area contributed by atoms with Crippen LogP contribution in [0.15, 0.2) is 30.9 Å². The fourth-order valence-corrected chi connectivity index (χ4v) is 1.20. The molecule has 0 spiro atoms. The van der Waals surface area contributed by atoms with E-state index in [0.717, 1.165) is 5.56 Å². The second-order valence-corrected chi connectivity index (χ2v) is 3.49. The van der Waals surface area contributed by atoms with Crippen molar-refractivity contribution in [3.05, 3.63) is 46.5 Å². The summed E-state index contributed by atoms with van der Waals surface area (Å²) in [6.45, 7) is 6.10. The first-order valence-corrected chi connectivity index (χ1v) is 4.87. The summed E-state index contributed by atoms with van der Waals surface area (Å²) in [4.78, 5) is 9.85. The van der Waals surface area contributed by atoms with Crippen molar-refractivity contribution in [3.63, 3.8) is 0 Å². The van der Waals surface area contributed by atoms with Crippen LogP contribution in [0, 0.1) is 10.1 Å². The third-order valence-corrected chi connectivity index (χ3v) is 2.22. The number of phenolic OH excluding ortho intramolecular Hbond substituents is 1. The Morgan fingerprint density at radius 2 is 2.38 bits per heavy atom. The Morgan fingerprint density at radius 1 is 1.69 bits per heavy atom. The van der Waals surface area contributed by atoms with Gasteiger partial charge in [0.05, 0.1) is 4.92 Å². The molecule has 0 saturated carbocycles. The Hall–Kier alpha value is -1.88. The zero-order chi connectivity index (χ0) is 12.1. The number of nitro groups is 1. The molecule has 1 aromatic rings. The summed E-state index contributed by atoms with van der Waals surface area (Å²) in [5, 5.41) is 23.0. The number of aromatic hydroxyl groups is 1. The highest BCUT2D eigenvalue weighted by molar-refractivity contribution is 5.47. The lowest BCUT2D eigenvalue weighted by Gasteiger charge is -2.09.